The Hall–Kier alpha value is -3.00. The second-order valence-corrected chi connectivity index (χ2v) is 4.08. The van der Waals surface area contributed by atoms with Crippen LogP contribution in [-0.4, -0.2) is 19.7 Å². The van der Waals surface area contributed by atoms with Crippen molar-refractivity contribution in [3.63, 3.8) is 0 Å². The number of rotatable bonds is 5. The number of carbonyl (C=O) groups excluding carboxylic acids is 1. The molecule has 2 aromatic rings. The van der Waals surface area contributed by atoms with Crippen molar-refractivity contribution >= 4 is 5.97 Å². The fourth-order valence-electron chi connectivity index (χ4n) is 1.60. The topological polar surface area (TPSA) is 68.6 Å². The van der Waals surface area contributed by atoms with Crippen molar-refractivity contribution in [1.29, 1.82) is 5.26 Å². The minimum atomic E-state index is -0.541. The summed E-state index contributed by atoms with van der Waals surface area (Å²) >= 11 is 0. The lowest BCUT2D eigenvalue weighted by Crippen LogP contribution is -2.17. The quantitative estimate of drug-likeness (QED) is 0.623. The summed E-state index contributed by atoms with van der Waals surface area (Å²) in [4.78, 5) is 11.7. The van der Waals surface area contributed by atoms with Crippen molar-refractivity contribution in [2.75, 3.05) is 13.7 Å². The zero-order chi connectivity index (χ0) is 15.1. The number of hydrogen-bond donors (Lipinski definition) is 0. The zero-order valence-electron chi connectivity index (χ0n) is 11.4. The van der Waals surface area contributed by atoms with E-state index in [1.54, 1.807) is 49.6 Å². The van der Waals surface area contributed by atoms with Gasteiger partial charge in [-0.2, -0.15) is 5.26 Å². The van der Waals surface area contributed by atoms with Crippen LogP contribution < -0.4 is 14.2 Å². The monoisotopic (exact) mass is 283 g/mol. The summed E-state index contributed by atoms with van der Waals surface area (Å²) in [6.45, 7) is -0.219. The van der Waals surface area contributed by atoms with Crippen molar-refractivity contribution in [3.8, 4) is 23.3 Å². The molecule has 0 bridgehead atoms. The summed E-state index contributed by atoms with van der Waals surface area (Å²) in [5, 5.41) is 8.77. The van der Waals surface area contributed by atoms with Crippen LogP contribution in [0.3, 0.4) is 0 Å². The predicted octanol–water partition coefficient (Wildman–Crippen LogP) is 2.55. The second-order valence-electron chi connectivity index (χ2n) is 4.08. The number of carbonyl (C=O) groups is 1. The molecule has 0 aromatic heterocycles. The number of esters is 1. The Morgan fingerprint density at radius 2 is 1.81 bits per heavy atom. The van der Waals surface area contributed by atoms with Gasteiger partial charge < -0.3 is 14.2 Å². The van der Waals surface area contributed by atoms with Crippen LogP contribution in [0.2, 0.25) is 0 Å². The van der Waals surface area contributed by atoms with Crippen LogP contribution in [0.5, 0.6) is 17.2 Å². The third-order valence-electron chi connectivity index (χ3n) is 2.61. The average molecular weight is 283 g/mol. The van der Waals surface area contributed by atoms with Gasteiger partial charge in [0.05, 0.1) is 18.7 Å². The van der Waals surface area contributed by atoms with Gasteiger partial charge in [0.1, 0.15) is 17.2 Å². The highest BCUT2D eigenvalue weighted by molar-refractivity contribution is 5.74. The number of methoxy groups -OCH3 is 1. The van der Waals surface area contributed by atoms with Crippen LogP contribution in [0, 0.1) is 11.3 Å². The number of hydrogen-bond acceptors (Lipinski definition) is 5. The molecule has 5 heteroatoms. The van der Waals surface area contributed by atoms with Gasteiger partial charge in [0.15, 0.2) is 6.61 Å². The molecule has 0 saturated heterocycles. The van der Waals surface area contributed by atoms with Crippen LogP contribution in [0.15, 0.2) is 48.5 Å². The molecule has 0 radical (unpaired) electrons. The zero-order valence-corrected chi connectivity index (χ0v) is 11.4. The highest BCUT2D eigenvalue weighted by atomic mass is 16.6. The molecule has 0 aliphatic rings. The average Bonchev–Trinajstić information content (AvgIpc) is 2.53. The minimum absolute atomic E-state index is 0.219. The van der Waals surface area contributed by atoms with E-state index in [0.29, 0.717) is 22.8 Å². The van der Waals surface area contributed by atoms with E-state index in [1.807, 2.05) is 6.07 Å². The van der Waals surface area contributed by atoms with Crippen LogP contribution in [0.4, 0.5) is 0 Å². The third kappa shape index (κ3) is 4.25. The Morgan fingerprint density at radius 3 is 2.48 bits per heavy atom. The van der Waals surface area contributed by atoms with E-state index in [9.17, 15) is 4.79 Å². The second kappa shape index (κ2) is 6.96. The molecule has 0 N–H and O–H groups in total. The molecule has 0 saturated carbocycles. The van der Waals surface area contributed by atoms with Gasteiger partial charge >= 0.3 is 5.97 Å². The lowest BCUT2D eigenvalue weighted by molar-refractivity contribution is -0.136. The molecule has 106 valence electrons. The van der Waals surface area contributed by atoms with Crippen molar-refractivity contribution < 1.29 is 19.0 Å². The summed E-state index contributed by atoms with van der Waals surface area (Å²) in [5.41, 5.74) is 0.427. The molecule has 21 heavy (non-hydrogen) atoms. The Morgan fingerprint density at radius 1 is 1.10 bits per heavy atom. The first kappa shape index (κ1) is 14.4. The van der Waals surface area contributed by atoms with E-state index in [-0.39, 0.29) is 6.61 Å². The fraction of sp³-hybridized carbons (Fsp3) is 0.125. The highest BCUT2D eigenvalue weighted by Crippen LogP contribution is 2.17. The molecule has 0 heterocycles. The van der Waals surface area contributed by atoms with Crippen molar-refractivity contribution in [2.24, 2.45) is 0 Å². The summed E-state index contributed by atoms with van der Waals surface area (Å²) < 4.78 is 15.4. The molecule has 0 fully saturated rings. The SMILES string of the molecule is COc1ccc(OCC(=O)Oc2cccc(C#N)c2)cc1. The standard InChI is InChI=1S/C16H13NO4/c1-19-13-5-7-14(8-6-13)20-11-16(18)21-15-4-2-3-12(9-15)10-17/h2-9H,11H2,1H3. The molecular formula is C16H13NO4. The number of benzene rings is 2. The maximum absolute atomic E-state index is 11.7. The van der Waals surface area contributed by atoms with Gasteiger partial charge in [-0.05, 0) is 42.5 Å². The van der Waals surface area contributed by atoms with E-state index in [0.717, 1.165) is 0 Å². The summed E-state index contributed by atoms with van der Waals surface area (Å²) in [6.07, 6.45) is 0. The van der Waals surface area contributed by atoms with E-state index in [1.165, 1.54) is 6.07 Å². The highest BCUT2D eigenvalue weighted by Gasteiger charge is 2.07. The smallest absolute Gasteiger partial charge is 0.349 e. The van der Waals surface area contributed by atoms with Gasteiger partial charge in [0.25, 0.3) is 0 Å². The lowest BCUT2D eigenvalue weighted by Gasteiger charge is -2.07. The predicted molar refractivity (Wildman–Crippen MR) is 75.3 cm³/mol. The largest absolute Gasteiger partial charge is 0.497 e. The number of nitrogens with zero attached hydrogens (tertiary/aromatic N) is 1. The van der Waals surface area contributed by atoms with Crippen LogP contribution >= 0.6 is 0 Å². The van der Waals surface area contributed by atoms with Gasteiger partial charge in [-0.3, -0.25) is 0 Å². The molecule has 0 spiro atoms. The molecule has 2 rings (SSSR count). The van der Waals surface area contributed by atoms with E-state index >= 15 is 0 Å². The minimum Gasteiger partial charge on any atom is -0.497 e. The number of nitriles is 1. The van der Waals surface area contributed by atoms with Gasteiger partial charge in [-0.1, -0.05) is 6.07 Å². The van der Waals surface area contributed by atoms with Crippen molar-refractivity contribution in [1.82, 2.24) is 0 Å². The van der Waals surface area contributed by atoms with Crippen LogP contribution in [0.25, 0.3) is 0 Å². The summed E-state index contributed by atoms with van der Waals surface area (Å²) in [5.74, 6) is 1.02. The molecule has 0 aliphatic carbocycles. The molecule has 0 atom stereocenters. The first-order chi connectivity index (χ1) is 10.2. The maximum atomic E-state index is 11.7. The Bertz CT molecular complexity index is 659. The fourth-order valence-corrected chi connectivity index (χ4v) is 1.60. The molecule has 0 aliphatic heterocycles. The van der Waals surface area contributed by atoms with Crippen LogP contribution in [-0.2, 0) is 4.79 Å². The lowest BCUT2D eigenvalue weighted by atomic mass is 10.2. The molecule has 0 amide bonds. The Kier molecular flexibility index (Phi) is 4.78. The third-order valence-corrected chi connectivity index (χ3v) is 2.61. The maximum Gasteiger partial charge on any atom is 0.349 e. The normalized spacial score (nSPS) is 9.52. The first-order valence-electron chi connectivity index (χ1n) is 6.19. The number of ether oxygens (including phenoxy) is 3. The first-order valence-corrected chi connectivity index (χ1v) is 6.19. The molecule has 2 aromatic carbocycles. The van der Waals surface area contributed by atoms with E-state index in [4.69, 9.17) is 19.5 Å². The van der Waals surface area contributed by atoms with Gasteiger partial charge in [0.2, 0.25) is 0 Å². The van der Waals surface area contributed by atoms with Gasteiger partial charge in [-0.15, -0.1) is 0 Å². The van der Waals surface area contributed by atoms with Crippen molar-refractivity contribution in [2.45, 2.75) is 0 Å². The van der Waals surface area contributed by atoms with Crippen molar-refractivity contribution in [3.05, 3.63) is 54.1 Å². The van der Waals surface area contributed by atoms with E-state index in [2.05, 4.69) is 0 Å². The molecule has 5 nitrogen and oxygen atoms in total. The molecular weight excluding hydrogens is 270 g/mol. The Labute approximate surface area is 122 Å². The summed E-state index contributed by atoms with van der Waals surface area (Å²) in [7, 11) is 1.57. The Balaban J connectivity index is 1.88. The van der Waals surface area contributed by atoms with Gasteiger partial charge in [-0.25, -0.2) is 4.79 Å². The molecule has 0 unspecified atom stereocenters. The van der Waals surface area contributed by atoms with E-state index < -0.39 is 5.97 Å². The van der Waals surface area contributed by atoms with Gasteiger partial charge in [0, 0.05) is 0 Å². The summed E-state index contributed by atoms with van der Waals surface area (Å²) in [6, 6.07) is 15.2. The van der Waals surface area contributed by atoms with Crippen LogP contribution in [0.1, 0.15) is 5.56 Å².